The smallest absolute Gasteiger partial charge is 0.206 e. The Morgan fingerprint density at radius 2 is 1.81 bits per heavy atom. The fraction of sp³-hybridized carbons (Fsp3) is 0.0769. The Morgan fingerprint density at radius 3 is 2.56 bits per heavy atom. The van der Waals surface area contributed by atoms with E-state index in [2.05, 4.69) is 8.94 Å². The van der Waals surface area contributed by atoms with Gasteiger partial charge in [-0.3, -0.25) is 4.79 Å². The third kappa shape index (κ3) is 3.93. The highest BCUT2D eigenvalue weighted by molar-refractivity contribution is 7.08. The summed E-state index contributed by atoms with van der Waals surface area (Å²) in [7, 11) is 1.63. The van der Waals surface area contributed by atoms with Crippen molar-refractivity contribution in [2.45, 2.75) is 6.54 Å². The third-order valence-corrected chi connectivity index (χ3v) is 6.44. The highest BCUT2D eigenvalue weighted by Gasteiger charge is 2.20. The molecule has 4 nitrogen and oxygen atoms in total. The molecule has 0 aliphatic rings. The molecular weight excluding hydrogens is 440 g/mol. The van der Waals surface area contributed by atoms with E-state index in [1.807, 2.05) is 85.1 Å². The number of benzene rings is 3. The topological polar surface area (TPSA) is 44.1 Å². The molecule has 0 unspecified atom stereocenters. The molecule has 5 aromatic rings. The van der Waals surface area contributed by atoms with Gasteiger partial charge in [0.1, 0.15) is 5.75 Å². The predicted octanol–water partition coefficient (Wildman–Crippen LogP) is 6.71. The Morgan fingerprint density at radius 1 is 1.03 bits per heavy atom. The lowest BCUT2D eigenvalue weighted by Gasteiger charge is -2.06. The summed E-state index contributed by atoms with van der Waals surface area (Å²) in [6.45, 7) is 0.630. The number of hydrogen-bond acceptors (Lipinski definition) is 4. The molecule has 6 heteroatoms. The number of carbonyl (C=O) groups is 1. The number of hydrogen-bond donors (Lipinski definition) is 0. The maximum absolute atomic E-state index is 13.5. The van der Waals surface area contributed by atoms with Crippen LogP contribution in [0.25, 0.3) is 22.2 Å². The van der Waals surface area contributed by atoms with Crippen molar-refractivity contribution >= 4 is 39.8 Å². The van der Waals surface area contributed by atoms with Gasteiger partial charge in [0, 0.05) is 39.8 Å². The molecule has 0 spiro atoms. The summed E-state index contributed by atoms with van der Waals surface area (Å²) in [6.07, 6.45) is 1.92. The molecule has 0 radical (unpaired) electrons. The molecule has 5 rings (SSSR count). The van der Waals surface area contributed by atoms with Gasteiger partial charge < -0.3 is 9.30 Å². The first-order chi connectivity index (χ1) is 15.6. The second kappa shape index (κ2) is 8.61. The van der Waals surface area contributed by atoms with E-state index in [9.17, 15) is 4.79 Å². The molecule has 0 bridgehead atoms. The fourth-order valence-corrected chi connectivity index (χ4v) is 4.60. The van der Waals surface area contributed by atoms with Crippen LogP contribution < -0.4 is 4.74 Å². The van der Waals surface area contributed by atoms with Crippen molar-refractivity contribution in [3.63, 3.8) is 0 Å². The molecule has 158 valence electrons. The molecule has 32 heavy (non-hydrogen) atoms. The maximum Gasteiger partial charge on any atom is 0.206 e. The van der Waals surface area contributed by atoms with E-state index >= 15 is 0 Å². The van der Waals surface area contributed by atoms with Gasteiger partial charge in [0.05, 0.1) is 17.7 Å². The van der Waals surface area contributed by atoms with Gasteiger partial charge in [-0.1, -0.05) is 54.1 Å². The van der Waals surface area contributed by atoms with Crippen molar-refractivity contribution in [3.8, 4) is 17.0 Å². The number of aromatic nitrogens is 2. The van der Waals surface area contributed by atoms with E-state index in [1.165, 1.54) is 11.5 Å². The minimum Gasteiger partial charge on any atom is -0.497 e. The van der Waals surface area contributed by atoms with E-state index in [-0.39, 0.29) is 5.78 Å². The van der Waals surface area contributed by atoms with Crippen molar-refractivity contribution in [2.24, 2.45) is 0 Å². The first kappa shape index (κ1) is 20.5. The van der Waals surface area contributed by atoms with Gasteiger partial charge in [0.15, 0.2) is 0 Å². The number of halogens is 1. The minimum absolute atomic E-state index is 0.0437. The zero-order chi connectivity index (χ0) is 22.1. The number of methoxy groups -OCH3 is 1. The Balaban J connectivity index is 1.56. The molecule has 3 aromatic carbocycles. The normalized spacial score (nSPS) is 11.1. The predicted molar refractivity (Wildman–Crippen MR) is 130 cm³/mol. The lowest BCUT2D eigenvalue weighted by Crippen LogP contribution is -1.99. The van der Waals surface area contributed by atoms with Crippen molar-refractivity contribution < 1.29 is 9.53 Å². The van der Waals surface area contributed by atoms with Gasteiger partial charge in [-0.05, 0) is 53.5 Å². The molecule has 0 aliphatic heterocycles. The van der Waals surface area contributed by atoms with Crippen molar-refractivity contribution in [3.05, 3.63) is 106 Å². The third-order valence-electron chi connectivity index (χ3n) is 5.40. The van der Waals surface area contributed by atoms with E-state index in [0.717, 1.165) is 27.7 Å². The van der Waals surface area contributed by atoms with Gasteiger partial charge in [0.25, 0.3) is 0 Å². The molecule has 0 saturated carbocycles. The molecule has 0 saturated heterocycles. The van der Waals surface area contributed by atoms with Crippen LogP contribution in [0.1, 0.15) is 20.8 Å². The number of fused-ring (bicyclic) bond motifs is 1. The molecule has 0 aliphatic carbocycles. The number of ketones is 1. The van der Waals surface area contributed by atoms with Crippen molar-refractivity contribution in [1.29, 1.82) is 0 Å². The van der Waals surface area contributed by atoms with E-state index in [0.29, 0.717) is 27.8 Å². The number of carbonyl (C=O) groups excluding carboxylic acids is 1. The summed E-state index contributed by atoms with van der Waals surface area (Å²) < 4.78 is 12.0. The van der Waals surface area contributed by atoms with Crippen LogP contribution in [0.15, 0.2) is 85.1 Å². The average molecular weight is 459 g/mol. The standard InChI is InChI=1S/C26H19ClN2O2S/c1-31-20-11-12-24-21(13-20)22(16-29(24)15-17-7-9-19(27)10-8-17)26(30)25-14-23(28-32-25)18-5-3-2-4-6-18/h2-14,16H,15H2,1H3. The van der Waals surface area contributed by atoms with Crippen molar-refractivity contribution in [1.82, 2.24) is 8.94 Å². The Bertz CT molecular complexity index is 1410. The van der Waals surface area contributed by atoms with Crippen LogP contribution >= 0.6 is 23.1 Å². The Kier molecular flexibility index (Phi) is 5.52. The van der Waals surface area contributed by atoms with Gasteiger partial charge in [-0.2, -0.15) is 4.37 Å². The fourth-order valence-electron chi connectivity index (χ4n) is 3.76. The first-order valence-corrected chi connectivity index (χ1v) is 11.3. The van der Waals surface area contributed by atoms with E-state index < -0.39 is 0 Å². The van der Waals surface area contributed by atoms with Gasteiger partial charge in [-0.25, -0.2) is 0 Å². The van der Waals surface area contributed by atoms with Gasteiger partial charge in [0.2, 0.25) is 5.78 Å². The molecule has 0 fully saturated rings. The summed E-state index contributed by atoms with van der Waals surface area (Å²) in [6, 6.07) is 25.3. The quantitative estimate of drug-likeness (QED) is 0.266. The second-order valence-corrected chi connectivity index (χ2v) is 8.69. The van der Waals surface area contributed by atoms with Crippen LogP contribution in [0.5, 0.6) is 5.75 Å². The minimum atomic E-state index is -0.0437. The molecule has 0 atom stereocenters. The lowest BCUT2D eigenvalue weighted by molar-refractivity contribution is 0.104. The zero-order valence-corrected chi connectivity index (χ0v) is 18.9. The van der Waals surface area contributed by atoms with E-state index in [1.54, 1.807) is 7.11 Å². The van der Waals surface area contributed by atoms with Crippen LogP contribution in [0.3, 0.4) is 0 Å². The molecular formula is C26H19ClN2O2S. The monoisotopic (exact) mass is 458 g/mol. The molecule has 0 amide bonds. The maximum atomic E-state index is 13.5. The Hall–Kier alpha value is -3.41. The lowest BCUT2D eigenvalue weighted by atomic mass is 10.1. The largest absolute Gasteiger partial charge is 0.497 e. The van der Waals surface area contributed by atoms with Crippen LogP contribution in [0.4, 0.5) is 0 Å². The summed E-state index contributed by atoms with van der Waals surface area (Å²) in [5.41, 5.74) is 4.51. The molecule has 0 N–H and O–H groups in total. The summed E-state index contributed by atoms with van der Waals surface area (Å²) in [5.74, 6) is 0.669. The second-order valence-electron chi connectivity index (χ2n) is 7.45. The zero-order valence-electron chi connectivity index (χ0n) is 17.3. The molecule has 2 aromatic heterocycles. The highest BCUT2D eigenvalue weighted by Crippen LogP contribution is 2.31. The summed E-state index contributed by atoms with van der Waals surface area (Å²) >= 11 is 7.26. The number of ether oxygens (including phenoxy) is 1. The first-order valence-electron chi connectivity index (χ1n) is 10.1. The van der Waals surface area contributed by atoms with Crippen LogP contribution in [0.2, 0.25) is 5.02 Å². The van der Waals surface area contributed by atoms with Gasteiger partial charge in [-0.15, -0.1) is 0 Å². The highest BCUT2D eigenvalue weighted by atomic mass is 35.5. The Labute approximate surface area is 194 Å². The summed E-state index contributed by atoms with van der Waals surface area (Å²) in [5, 5.41) is 1.56. The van der Waals surface area contributed by atoms with Crippen LogP contribution in [-0.2, 0) is 6.54 Å². The summed E-state index contributed by atoms with van der Waals surface area (Å²) in [4.78, 5) is 14.1. The average Bonchev–Trinajstić information content (AvgIpc) is 3.46. The molecule has 2 heterocycles. The van der Waals surface area contributed by atoms with E-state index in [4.69, 9.17) is 16.3 Å². The number of nitrogens with zero attached hydrogens (tertiary/aromatic N) is 2. The van der Waals surface area contributed by atoms with Crippen LogP contribution in [-0.4, -0.2) is 21.8 Å². The van der Waals surface area contributed by atoms with Gasteiger partial charge >= 0.3 is 0 Å². The van der Waals surface area contributed by atoms with Crippen LogP contribution in [0, 0.1) is 0 Å². The SMILES string of the molecule is COc1ccc2c(c1)c(C(=O)c1cc(-c3ccccc3)ns1)cn2Cc1ccc(Cl)cc1. The number of rotatable bonds is 6. The van der Waals surface area contributed by atoms with Crippen molar-refractivity contribution in [2.75, 3.05) is 7.11 Å².